The van der Waals surface area contributed by atoms with Crippen LogP contribution < -0.4 is 0 Å². The van der Waals surface area contributed by atoms with Crippen LogP contribution in [0.1, 0.15) is 23.0 Å². The number of rotatable bonds is 5. The molecule has 0 bridgehead atoms. The minimum absolute atomic E-state index is 0.655. The summed E-state index contributed by atoms with van der Waals surface area (Å²) in [6.07, 6.45) is 3.85. The van der Waals surface area contributed by atoms with Gasteiger partial charge in [-0.2, -0.15) is 4.98 Å². The third-order valence-electron chi connectivity index (χ3n) is 2.88. The Morgan fingerprint density at radius 2 is 1.84 bits per heavy atom. The molecule has 0 unspecified atom stereocenters. The molecule has 2 aromatic heterocycles. The van der Waals surface area contributed by atoms with Gasteiger partial charge in [0.2, 0.25) is 5.89 Å². The standard InChI is InChI=1S/C15H14N2O2/c1-2-5-12(6-3-1)11-14-16-15(19-17-14)9-8-13-7-4-10-18-13/h1-7,10H,8-9,11H2. The molecule has 0 radical (unpaired) electrons. The molecule has 0 aliphatic carbocycles. The van der Waals surface area contributed by atoms with Crippen molar-refractivity contribution in [3.05, 3.63) is 71.8 Å². The van der Waals surface area contributed by atoms with Crippen LogP contribution in [0, 0.1) is 0 Å². The van der Waals surface area contributed by atoms with Crippen molar-refractivity contribution in [2.45, 2.75) is 19.3 Å². The van der Waals surface area contributed by atoms with E-state index in [2.05, 4.69) is 22.3 Å². The molecule has 0 N–H and O–H groups in total. The normalized spacial score (nSPS) is 10.7. The summed E-state index contributed by atoms with van der Waals surface area (Å²) in [7, 11) is 0. The van der Waals surface area contributed by atoms with Gasteiger partial charge >= 0.3 is 0 Å². The van der Waals surface area contributed by atoms with Crippen molar-refractivity contribution in [2.75, 3.05) is 0 Å². The minimum Gasteiger partial charge on any atom is -0.469 e. The van der Waals surface area contributed by atoms with E-state index in [0.29, 0.717) is 18.7 Å². The lowest BCUT2D eigenvalue weighted by molar-refractivity contribution is 0.369. The third-order valence-corrected chi connectivity index (χ3v) is 2.88. The van der Waals surface area contributed by atoms with Crippen molar-refractivity contribution in [3.63, 3.8) is 0 Å². The Labute approximate surface area is 111 Å². The van der Waals surface area contributed by atoms with Crippen LogP contribution in [-0.4, -0.2) is 10.1 Å². The van der Waals surface area contributed by atoms with Crippen LogP contribution in [0.4, 0.5) is 0 Å². The van der Waals surface area contributed by atoms with E-state index < -0.39 is 0 Å². The molecule has 0 amide bonds. The van der Waals surface area contributed by atoms with Gasteiger partial charge in [-0.25, -0.2) is 0 Å². The Hall–Kier alpha value is -2.36. The molecule has 3 rings (SSSR count). The van der Waals surface area contributed by atoms with E-state index in [-0.39, 0.29) is 0 Å². The summed E-state index contributed by atoms with van der Waals surface area (Å²) in [6, 6.07) is 13.9. The molecule has 0 aliphatic rings. The highest BCUT2D eigenvalue weighted by molar-refractivity contribution is 5.18. The van der Waals surface area contributed by atoms with Crippen LogP contribution in [-0.2, 0) is 19.3 Å². The Morgan fingerprint density at radius 3 is 2.63 bits per heavy atom. The number of aromatic nitrogens is 2. The summed E-state index contributed by atoms with van der Waals surface area (Å²) in [4.78, 5) is 4.39. The average Bonchev–Trinajstić information content (AvgIpc) is 3.09. The maximum atomic E-state index is 5.27. The molecular weight excluding hydrogens is 240 g/mol. The number of furan rings is 1. The maximum absolute atomic E-state index is 5.27. The SMILES string of the molecule is c1ccc(Cc2noc(CCc3ccco3)n2)cc1. The zero-order valence-corrected chi connectivity index (χ0v) is 10.5. The van der Waals surface area contributed by atoms with Gasteiger partial charge < -0.3 is 8.94 Å². The highest BCUT2D eigenvalue weighted by Gasteiger charge is 2.08. The van der Waals surface area contributed by atoms with E-state index in [0.717, 1.165) is 18.0 Å². The highest BCUT2D eigenvalue weighted by atomic mass is 16.5. The quantitative estimate of drug-likeness (QED) is 0.702. The van der Waals surface area contributed by atoms with Gasteiger partial charge in [0, 0.05) is 19.3 Å². The molecule has 3 aromatic rings. The maximum Gasteiger partial charge on any atom is 0.227 e. The van der Waals surface area contributed by atoms with Crippen molar-refractivity contribution in [1.82, 2.24) is 10.1 Å². The Balaban J connectivity index is 1.60. The first kappa shape index (κ1) is 11.7. The Kier molecular flexibility index (Phi) is 3.40. The van der Waals surface area contributed by atoms with Gasteiger partial charge in [0.05, 0.1) is 6.26 Å². The lowest BCUT2D eigenvalue weighted by atomic mass is 10.1. The summed E-state index contributed by atoms with van der Waals surface area (Å²) in [5.41, 5.74) is 1.18. The molecule has 0 spiro atoms. The zero-order valence-electron chi connectivity index (χ0n) is 10.5. The van der Waals surface area contributed by atoms with Crippen LogP contribution >= 0.6 is 0 Å². The van der Waals surface area contributed by atoms with Gasteiger partial charge in [-0.15, -0.1) is 0 Å². The van der Waals surface area contributed by atoms with Crippen LogP contribution in [0.5, 0.6) is 0 Å². The fraction of sp³-hybridized carbons (Fsp3) is 0.200. The van der Waals surface area contributed by atoms with E-state index in [1.165, 1.54) is 5.56 Å². The average molecular weight is 254 g/mol. The lowest BCUT2D eigenvalue weighted by Gasteiger charge is -1.94. The van der Waals surface area contributed by atoms with Crippen LogP contribution in [0.25, 0.3) is 0 Å². The minimum atomic E-state index is 0.655. The largest absolute Gasteiger partial charge is 0.469 e. The predicted molar refractivity (Wildman–Crippen MR) is 69.7 cm³/mol. The molecule has 19 heavy (non-hydrogen) atoms. The summed E-state index contributed by atoms with van der Waals surface area (Å²) < 4.78 is 10.5. The second-order valence-electron chi connectivity index (χ2n) is 4.35. The second-order valence-corrected chi connectivity index (χ2v) is 4.35. The third kappa shape index (κ3) is 3.10. The number of aryl methyl sites for hydroxylation is 2. The van der Waals surface area contributed by atoms with E-state index in [1.54, 1.807) is 6.26 Å². The molecule has 0 fully saturated rings. The molecule has 96 valence electrons. The van der Waals surface area contributed by atoms with Crippen molar-refractivity contribution >= 4 is 0 Å². The monoisotopic (exact) mass is 254 g/mol. The summed E-state index contributed by atoms with van der Waals surface area (Å²) in [5, 5.41) is 3.99. The van der Waals surface area contributed by atoms with Crippen LogP contribution in [0.2, 0.25) is 0 Å². The van der Waals surface area contributed by atoms with Gasteiger partial charge in [0.1, 0.15) is 5.76 Å². The van der Waals surface area contributed by atoms with Gasteiger partial charge in [-0.3, -0.25) is 0 Å². The predicted octanol–water partition coefficient (Wildman–Crippen LogP) is 3.04. The first-order chi connectivity index (χ1) is 9.40. The Morgan fingerprint density at radius 1 is 0.947 bits per heavy atom. The summed E-state index contributed by atoms with van der Waals surface area (Å²) in [6.45, 7) is 0. The smallest absolute Gasteiger partial charge is 0.227 e. The second kappa shape index (κ2) is 5.52. The van der Waals surface area contributed by atoms with Crippen molar-refractivity contribution < 1.29 is 8.94 Å². The first-order valence-electron chi connectivity index (χ1n) is 6.28. The van der Waals surface area contributed by atoms with Gasteiger partial charge in [-0.05, 0) is 17.7 Å². The molecule has 0 aliphatic heterocycles. The number of hydrogen-bond acceptors (Lipinski definition) is 4. The van der Waals surface area contributed by atoms with E-state index in [4.69, 9.17) is 8.94 Å². The number of nitrogens with zero attached hydrogens (tertiary/aromatic N) is 2. The Bertz CT molecular complexity index is 615. The first-order valence-corrected chi connectivity index (χ1v) is 6.28. The summed E-state index contributed by atoms with van der Waals surface area (Å²) >= 11 is 0. The molecule has 2 heterocycles. The molecular formula is C15H14N2O2. The van der Waals surface area contributed by atoms with Gasteiger partial charge in [-0.1, -0.05) is 35.5 Å². The van der Waals surface area contributed by atoms with Crippen LogP contribution in [0.3, 0.4) is 0 Å². The molecule has 4 nitrogen and oxygen atoms in total. The number of hydrogen-bond donors (Lipinski definition) is 0. The molecule has 1 aromatic carbocycles. The molecule has 0 saturated carbocycles. The molecule has 0 saturated heterocycles. The summed E-state index contributed by atoms with van der Waals surface area (Å²) in [5.74, 6) is 2.31. The fourth-order valence-electron chi connectivity index (χ4n) is 1.93. The van der Waals surface area contributed by atoms with E-state index in [1.807, 2.05) is 30.3 Å². The van der Waals surface area contributed by atoms with Crippen molar-refractivity contribution in [2.24, 2.45) is 0 Å². The van der Waals surface area contributed by atoms with E-state index in [9.17, 15) is 0 Å². The molecule has 0 atom stereocenters. The van der Waals surface area contributed by atoms with Gasteiger partial charge in [0.15, 0.2) is 5.82 Å². The van der Waals surface area contributed by atoms with Crippen LogP contribution in [0.15, 0.2) is 57.7 Å². The van der Waals surface area contributed by atoms with Crippen molar-refractivity contribution in [1.29, 1.82) is 0 Å². The van der Waals surface area contributed by atoms with E-state index >= 15 is 0 Å². The molecule has 4 heteroatoms. The zero-order chi connectivity index (χ0) is 12.9. The van der Waals surface area contributed by atoms with Crippen molar-refractivity contribution in [3.8, 4) is 0 Å². The topological polar surface area (TPSA) is 52.1 Å². The fourth-order valence-corrected chi connectivity index (χ4v) is 1.93. The lowest BCUT2D eigenvalue weighted by Crippen LogP contribution is -1.93. The van der Waals surface area contributed by atoms with Gasteiger partial charge in [0.25, 0.3) is 0 Å². The number of benzene rings is 1. The highest BCUT2D eigenvalue weighted by Crippen LogP contribution is 2.09.